The molecule has 2 rings (SSSR count). The van der Waals surface area contributed by atoms with Crippen LogP contribution in [0.1, 0.15) is 16.1 Å². The standard InChI is InChI=1S/C15H16N2O4/c1-9-6-12(11(8-16-9)15(18)19)17-13-7-10(20-2)4-5-14(13)21-3/h4-8H,1-3H3,(H,16,17)(H,18,19). The van der Waals surface area contributed by atoms with Crippen molar-refractivity contribution in [2.45, 2.75) is 6.92 Å². The first-order valence-electron chi connectivity index (χ1n) is 6.24. The Bertz CT molecular complexity index is 671. The fourth-order valence-corrected chi connectivity index (χ4v) is 1.89. The molecule has 1 heterocycles. The number of nitrogens with zero attached hydrogens (tertiary/aromatic N) is 1. The van der Waals surface area contributed by atoms with Crippen LogP contribution in [0.15, 0.2) is 30.5 Å². The molecule has 0 aliphatic heterocycles. The van der Waals surface area contributed by atoms with E-state index in [0.29, 0.717) is 28.6 Å². The quantitative estimate of drug-likeness (QED) is 0.880. The molecule has 1 aromatic heterocycles. The summed E-state index contributed by atoms with van der Waals surface area (Å²) >= 11 is 0. The third kappa shape index (κ3) is 3.22. The van der Waals surface area contributed by atoms with Crippen molar-refractivity contribution in [1.29, 1.82) is 0 Å². The lowest BCUT2D eigenvalue weighted by Crippen LogP contribution is -2.05. The lowest BCUT2D eigenvalue weighted by Gasteiger charge is -2.14. The zero-order valence-electron chi connectivity index (χ0n) is 12.0. The average Bonchev–Trinajstić information content (AvgIpc) is 2.47. The predicted octanol–water partition coefficient (Wildman–Crippen LogP) is 2.85. The van der Waals surface area contributed by atoms with E-state index in [1.165, 1.54) is 6.20 Å². The highest BCUT2D eigenvalue weighted by atomic mass is 16.5. The maximum atomic E-state index is 11.3. The molecule has 0 aliphatic rings. The van der Waals surface area contributed by atoms with Crippen LogP contribution < -0.4 is 14.8 Å². The molecule has 0 atom stereocenters. The van der Waals surface area contributed by atoms with Crippen molar-refractivity contribution in [3.05, 3.63) is 41.7 Å². The predicted molar refractivity (Wildman–Crippen MR) is 78.8 cm³/mol. The summed E-state index contributed by atoms with van der Waals surface area (Å²) in [5, 5.41) is 12.3. The number of carboxylic acids is 1. The third-order valence-corrected chi connectivity index (χ3v) is 2.95. The molecule has 2 aromatic rings. The summed E-state index contributed by atoms with van der Waals surface area (Å²) in [4.78, 5) is 15.3. The molecule has 0 radical (unpaired) electrons. The van der Waals surface area contributed by atoms with Gasteiger partial charge in [0, 0.05) is 18.0 Å². The highest BCUT2D eigenvalue weighted by molar-refractivity contribution is 5.95. The molecule has 1 aromatic carbocycles. The first-order chi connectivity index (χ1) is 10.0. The maximum Gasteiger partial charge on any atom is 0.339 e. The van der Waals surface area contributed by atoms with Gasteiger partial charge in [0.05, 0.1) is 25.6 Å². The van der Waals surface area contributed by atoms with E-state index in [-0.39, 0.29) is 5.56 Å². The summed E-state index contributed by atoms with van der Waals surface area (Å²) in [5.41, 5.74) is 1.86. The third-order valence-electron chi connectivity index (χ3n) is 2.95. The van der Waals surface area contributed by atoms with Gasteiger partial charge < -0.3 is 19.9 Å². The first-order valence-corrected chi connectivity index (χ1v) is 6.24. The van der Waals surface area contributed by atoms with Gasteiger partial charge >= 0.3 is 5.97 Å². The van der Waals surface area contributed by atoms with Gasteiger partial charge in [-0.25, -0.2) is 4.79 Å². The van der Waals surface area contributed by atoms with Crippen LogP contribution in [0, 0.1) is 6.92 Å². The smallest absolute Gasteiger partial charge is 0.339 e. The summed E-state index contributed by atoms with van der Waals surface area (Å²) in [6.45, 7) is 1.79. The number of rotatable bonds is 5. The Morgan fingerprint density at radius 1 is 1.19 bits per heavy atom. The van der Waals surface area contributed by atoms with E-state index in [2.05, 4.69) is 10.3 Å². The Morgan fingerprint density at radius 2 is 1.95 bits per heavy atom. The van der Waals surface area contributed by atoms with Crippen molar-refractivity contribution < 1.29 is 19.4 Å². The molecule has 6 nitrogen and oxygen atoms in total. The van der Waals surface area contributed by atoms with E-state index in [1.807, 2.05) is 0 Å². The van der Waals surface area contributed by atoms with Crippen LogP contribution in [-0.4, -0.2) is 30.3 Å². The Balaban J connectivity index is 2.46. The monoisotopic (exact) mass is 288 g/mol. The molecule has 0 fully saturated rings. The van der Waals surface area contributed by atoms with Gasteiger partial charge in [0.1, 0.15) is 17.1 Å². The summed E-state index contributed by atoms with van der Waals surface area (Å²) in [7, 11) is 3.10. The minimum Gasteiger partial charge on any atom is -0.497 e. The number of aryl methyl sites for hydroxylation is 1. The number of nitrogens with one attached hydrogen (secondary N) is 1. The molecule has 21 heavy (non-hydrogen) atoms. The molecule has 0 aliphatic carbocycles. The summed E-state index contributed by atoms with van der Waals surface area (Å²) in [5.74, 6) is 0.175. The normalized spacial score (nSPS) is 10.0. The zero-order valence-corrected chi connectivity index (χ0v) is 12.0. The molecular weight excluding hydrogens is 272 g/mol. The largest absolute Gasteiger partial charge is 0.497 e. The molecule has 0 saturated carbocycles. The zero-order chi connectivity index (χ0) is 15.4. The van der Waals surface area contributed by atoms with Crippen molar-refractivity contribution in [2.24, 2.45) is 0 Å². The number of pyridine rings is 1. The number of hydrogen-bond donors (Lipinski definition) is 2. The highest BCUT2D eigenvalue weighted by Gasteiger charge is 2.13. The van der Waals surface area contributed by atoms with Gasteiger partial charge in [-0.3, -0.25) is 4.98 Å². The fourth-order valence-electron chi connectivity index (χ4n) is 1.89. The van der Waals surface area contributed by atoms with E-state index < -0.39 is 5.97 Å². The van der Waals surface area contributed by atoms with Gasteiger partial charge in [0.15, 0.2) is 0 Å². The number of anilines is 2. The number of hydrogen-bond acceptors (Lipinski definition) is 5. The van der Waals surface area contributed by atoms with Gasteiger partial charge in [0.2, 0.25) is 0 Å². The Morgan fingerprint density at radius 3 is 2.57 bits per heavy atom. The topological polar surface area (TPSA) is 80.7 Å². The SMILES string of the molecule is COc1ccc(OC)c(Nc2cc(C)ncc2C(=O)O)c1. The second-order valence-corrected chi connectivity index (χ2v) is 4.37. The van der Waals surface area contributed by atoms with Crippen LogP contribution in [0.4, 0.5) is 11.4 Å². The lowest BCUT2D eigenvalue weighted by molar-refractivity contribution is 0.0697. The second-order valence-electron chi connectivity index (χ2n) is 4.37. The maximum absolute atomic E-state index is 11.3. The number of carbonyl (C=O) groups is 1. The summed E-state index contributed by atoms with van der Waals surface area (Å²) in [6, 6.07) is 6.91. The average molecular weight is 288 g/mol. The van der Waals surface area contributed by atoms with Gasteiger partial charge in [-0.05, 0) is 25.1 Å². The number of aromatic carboxylic acids is 1. The number of methoxy groups -OCH3 is 2. The van der Waals surface area contributed by atoms with Crippen molar-refractivity contribution in [2.75, 3.05) is 19.5 Å². The molecule has 110 valence electrons. The summed E-state index contributed by atoms with van der Waals surface area (Å²) < 4.78 is 10.4. The van der Waals surface area contributed by atoms with E-state index in [0.717, 1.165) is 0 Å². The second kappa shape index (κ2) is 6.13. The number of benzene rings is 1. The minimum atomic E-state index is -1.05. The van der Waals surface area contributed by atoms with E-state index in [4.69, 9.17) is 9.47 Å². The van der Waals surface area contributed by atoms with Crippen molar-refractivity contribution in [3.8, 4) is 11.5 Å². The van der Waals surface area contributed by atoms with E-state index >= 15 is 0 Å². The van der Waals surface area contributed by atoms with Crippen LogP contribution >= 0.6 is 0 Å². The molecule has 0 unspecified atom stereocenters. The van der Waals surface area contributed by atoms with Crippen LogP contribution in [-0.2, 0) is 0 Å². The van der Waals surface area contributed by atoms with Gasteiger partial charge in [-0.2, -0.15) is 0 Å². The van der Waals surface area contributed by atoms with Crippen molar-refractivity contribution in [3.63, 3.8) is 0 Å². The van der Waals surface area contributed by atoms with Crippen molar-refractivity contribution in [1.82, 2.24) is 4.98 Å². The highest BCUT2D eigenvalue weighted by Crippen LogP contribution is 2.32. The number of ether oxygens (including phenoxy) is 2. The summed E-state index contributed by atoms with van der Waals surface area (Å²) in [6.07, 6.45) is 1.33. The van der Waals surface area contributed by atoms with E-state index in [9.17, 15) is 9.90 Å². The van der Waals surface area contributed by atoms with Crippen LogP contribution in [0.3, 0.4) is 0 Å². The fraction of sp³-hybridized carbons (Fsp3) is 0.200. The van der Waals surface area contributed by atoms with Crippen molar-refractivity contribution >= 4 is 17.3 Å². The lowest BCUT2D eigenvalue weighted by atomic mass is 10.2. The molecule has 0 saturated heterocycles. The number of carboxylic acid groups (broad SMARTS) is 1. The van der Waals surface area contributed by atoms with Crippen LogP contribution in [0.2, 0.25) is 0 Å². The molecule has 0 spiro atoms. The van der Waals surface area contributed by atoms with Crippen LogP contribution in [0.5, 0.6) is 11.5 Å². The Kier molecular flexibility index (Phi) is 4.27. The molecular formula is C15H16N2O4. The Hall–Kier alpha value is -2.76. The van der Waals surface area contributed by atoms with E-state index in [1.54, 1.807) is 45.4 Å². The minimum absolute atomic E-state index is 0.0884. The Labute approximate surface area is 122 Å². The molecule has 6 heteroatoms. The van der Waals surface area contributed by atoms with Gasteiger partial charge in [-0.1, -0.05) is 0 Å². The molecule has 0 amide bonds. The van der Waals surface area contributed by atoms with Crippen LogP contribution in [0.25, 0.3) is 0 Å². The molecule has 0 bridgehead atoms. The van der Waals surface area contributed by atoms with Gasteiger partial charge in [-0.15, -0.1) is 0 Å². The number of aromatic nitrogens is 1. The van der Waals surface area contributed by atoms with Gasteiger partial charge in [0.25, 0.3) is 0 Å². The first kappa shape index (κ1) is 14.6. The molecule has 2 N–H and O–H groups in total.